The van der Waals surface area contributed by atoms with Crippen molar-refractivity contribution in [1.29, 1.82) is 5.26 Å². The molecule has 2 rings (SSSR count). The van der Waals surface area contributed by atoms with Crippen LogP contribution >= 0.6 is 22.7 Å². The molecular formula is C12H7NOS2. The van der Waals surface area contributed by atoms with Gasteiger partial charge in [-0.25, -0.2) is 0 Å². The minimum absolute atomic E-state index is 0.185. The highest BCUT2D eigenvalue weighted by Crippen LogP contribution is 2.18. The Balaban J connectivity index is 2.32. The largest absolute Gasteiger partial charge is 0.287 e. The first-order valence-corrected chi connectivity index (χ1v) is 6.30. The molecule has 0 N–H and O–H groups in total. The topological polar surface area (TPSA) is 40.9 Å². The van der Waals surface area contributed by atoms with Crippen LogP contribution in [0.2, 0.25) is 0 Å². The van der Waals surface area contributed by atoms with E-state index in [0.29, 0.717) is 4.88 Å². The molecule has 2 heterocycles. The maximum Gasteiger partial charge on any atom is 0.213 e. The molecule has 0 fully saturated rings. The van der Waals surface area contributed by atoms with Gasteiger partial charge in [-0.15, -0.1) is 22.7 Å². The van der Waals surface area contributed by atoms with Crippen molar-refractivity contribution in [2.75, 3.05) is 0 Å². The minimum Gasteiger partial charge on any atom is -0.287 e. The lowest BCUT2D eigenvalue weighted by atomic mass is 10.1. The van der Waals surface area contributed by atoms with Crippen molar-refractivity contribution in [3.05, 3.63) is 50.4 Å². The summed E-state index contributed by atoms with van der Waals surface area (Å²) in [6.07, 6.45) is 1.63. The Bertz CT molecular complexity index is 544. The van der Waals surface area contributed by atoms with E-state index in [4.69, 9.17) is 5.26 Å². The fourth-order valence-electron chi connectivity index (χ4n) is 1.20. The molecule has 0 aliphatic heterocycles. The highest BCUT2D eigenvalue weighted by Gasteiger charge is 2.12. The summed E-state index contributed by atoms with van der Waals surface area (Å²) in [6.45, 7) is 0. The molecular weight excluding hydrogens is 238 g/mol. The molecule has 0 amide bonds. The van der Waals surface area contributed by atoms with Gasteiger partial charge >= 0.3 is 0 Å². The van der Waals surface area contributed by atoms with Gasteiger partial charge in [0.25, 0.3) is 0 Å². The van der Waals surface area contributed by atoms with Crippen LogP contribution in [0, 0.1) is 11.3 Å². The number of allylic oxidation sites excluding steroid dienone is 1. The first-order chi connectivity index (χ1) is 7.81. The summed E-state index contributed by atoms with van der Waals surface area (Å²) in [4.78, 5) is 13.4. The van der Waals surface area contributed by atoms with Gasteiger partial charge in [-0.05, 0) is 29.0 Å². The van der Waals surface area contributed by atoms with Gasteiger partial charge in [-0.2, -0.15) is 5.26 Å². The SMILES string of the molecule is N#C/C(=C\c1cccs1)C(=O)c1cccs1. The second-order valence-corrected chi connectivity index (χ2v) is 4.92. The normalized spacial score (nSPS) is 11.1. The Morgan fingerprint density at radius 1 is 1.25 bits per heavy atom. The molecule has 16 heavy (non-hydrogen) atoms. The van der Waals surface area contributed by atoms with E-state index in [0.717, 1.165) is 4.88 Å². The molecule has 0 aliphatic carbocycles. The number of carbonyl (C=O) groups excluding carboxylic acids is 1. The van der Waals surface area contributed by atoms with E-state index in [1.54, 1.807) is 18.2 Å². The second kappa shape index (κ2) is 4.88. The van der Waals surface area contributed by atoms with Crippen LogP contribution in [-0.4, -0.2) is 5.78 Å². The number of nitrogens with zero attached hydrogens (tertiary/aromatic N) is 1. The van der Waals surface area contributed by atoms with Crippen LogP contribution in [0.3, 0.4) is 0 Å². The number of ketones is 1. The lowest BCUT2D eigenvalue weighted by Crippen LogP contribution is -1.98. The number of carbonyl (C=O) groups is 1. The summed E-state index contributed by atoms with van der Waals surface area (Å²) in [5.41, 5.74) is 0.185. The van der Waals surface area contributed by atoms with E-state index in [-0.39, 0.29) is 11.4 Å². The lowest BCUT2D eigenvalue weighted by Gasteiger charge is -1.93. The molecule has 0 atom stereocenters. The average Bonchev–Trinajstić information content (AvgIpc) is 2.97. The van der Waals surface area contributed by atoms with Crippen LogP contribution in [0.1, 0.15) is 14.5 Å². The first-order valence-electron chi connectivity index (χ1n) is 4.55. The molecule has 0 radical (unpaired) electrons. The van der Waals surface area contributed by atoms with E-state index in [2.05, 4.69) is 0 Å². The van der Waals surface area contributed by atoms with Crippen LogP contribution in [0.4, 0.5) is 0 Å². The number of Topliss-reactive ketones (excluding diaryl/α,β-unsaturated/α-hetero) is 1. The zero-order chi connectivity index (χ0) is 11.4. The summed E-state index contributed by atoms with van der Waals surface area (Å²) >= 11 is 2.85. The fourth-order valence-corrected chi connectivity index (χ4v) is 2.54. The number of hydrogen-bond acceptors (Lipinski definition) is 4. The van der Waals surface area contributed by atoms with E-state index in [1.807, 2.05) is 29.0 Å². The maximum atomic E-state index is 11.9. The summed E-state index contributed by atoms with van der Waals surface area (Å²) < 4.78 is 0. The number of rotatable bonds is 3. The third kappa shape index (κ3) is 2.27. The smallest absolute Gasteiger partial charge is 0.213 e. The van der Waals surface area contributed by atoms with Crippen molar-refractivity contribution >= 4 is 34.5 Å². The van der Waals surface area contributed by atoms with E-state index in [9.17, 15) is 4.79 Å². The average molecular weight is 245 g/mol. The third-order valence-corrected chi connectivity index (χ3v) is 3.63. The third-order valence-electron chi connectivity index (χ3n) is 1.94. The molecule has 4 heteroatoms. The molecule has 0 aliphatic rings. The van der Waals surface area contributed by atoms with Crippen LogP contribution < -0.4 is 0 Å². The Kier molecular flexibility index (Phi) is 3.30. The van der Waals surface area contributed by atoms with Crippen LogP contribution in [0.15, 0.2) is 40.6 Å². The van der Waals surface area contributed by atoms with Crippen molar-refractivity contribution in [3.63, 3.8) is 0 Å². The Hall–Kier alpha value is -1.70. The molecule has 78 valence electrons. The summed E-state index contributed by atoms with van der Waals surface area (Å²) in [5.74, 6) is -0.203. The van der Waals surface area contributed by atoms with Crippen molar-refractivity contribution in [2.45, 2.75) is 0 Å². The monoisotopic (exact) mass is 245 g/mol. The van der Waals surface area contributed by atoms with Gasteiger partial charge in [0.1, 0.15) is 11.6 Å². The minimum atomic E-state index is -0.203. The predicted octanol–water partition coefficient (Wildman–Crippen LogP) is 3.60. The molecule has 0 saturated heterocycles. The fraction of sp³-hybridized carbons (Fsp3) is 0. The van der Waals surface area contributed by atoms with Crippen molar-refractivity contribution in [1.82, 2.24) is 0 Å². The summed E-state index contributed by atoms with van der Waals surface area (Å²) in [7, 11) is 0. The molecule has 0 spiro atoms. The van der Waals surface area contributed by atoms with Crippen molar-refractivity contribution in [2.24, 2.45) is 0 Å². The Morgan fingerprint density at radius 2 is 2.00 bits per heavy atom. The van der Waals surface area contributed by atoms with Crippen molar-refractivity contribution in [3.8, 4) is 6.07 Å². The van der Waals surface area contributed by atoms with Crippen LogP contribution in [-0.2, 0) is 0 Å². The summed E-state index contributed by atoms with van der Waals surface area (Å²) in [6, 6.07) is 9.25. The van der Waals surface area contributed by atoms with E-state index in [1.165, 1.54) is 22.7 Å². The maximum absolute atomic E-state index is 11.9. The molecule has 0 unspecified atom stereocenters. The Morgan fingerprint density at radius 3 is 2.56 bits per heavy atom. The van der Waals surface area contributed by atoms with E-state index >= 15 is 0 Å². The van der Waals surface area contributed by atoms with Crippen molar-refractivity contribution < 1.29 is 4.79 Å². The highest BCUT2D eigenvalue weighted by molar-refractivity contribution is 7.12. The number of hydrogen-bond donors (Lipinski definition) is 0. The van der Waals surface area contributed by atoms with Gasteiger partial charge in [0.05, 0.1) is 4.88 Å². The van der Waals surface area contributed by atoms with Gasteiger partial charge in [-0.1, -0.05) is 12.1 Å². The zero-order valence-corrected chi connectivity index (χ0v) is 9.85. The van der Waals surface area contributed by atoms with Gasteiger partial charge in [0.15, 0.2) is 0 Å². The zero-order valence-electron chi connectivity index (χ0n) is 8.21. The predicted molar refractivity (Wildman–Crippen MR) is 66.6 cm³/mol. The molecule has 0 aromatic carbocycles. The van der Waals surface area contributed by atoms with Gasteiger partial charge < -0.3 is 0 Å². The van der Waals surface area contributed by atoms with Gasteiger partial charge in [-0.3, -0.25) is 4.79 Å². The Labute approximate surface area is 101 Å². The molecule has 2 nitrogen and oxygen atoms in total. The molecule has 2 aromatic rings. The summed E-state index contributed by atoms with van der Waals surface area (Å²) in [5, 5.41) is 12.7. The van der Waals surface area contributed by atoms with Gasteiger partial charge in [0, 0.05) is 4.88 Å². The first kappa shape index (κ1) is 10.8. The molecule has 0 saturated carbocycles. The highest BCUT2D eigenvalue weighted by atomic mass is 32.1. The van der Waals surface area contributed by atoms with Gasteiger partial charge in [0.2, 0.25) is 5.78 Å². The number of nitriles is 1. The number of thiophene rings is 2. The van der Waals surface area contributed by atoms with Crippen LogP contribution in [0.5, 0.6) is 0 Å². The van der Waals surface area contributed by atoms with E-state index < -0.39 is 0 Å². The van der Waals surface area contributed by atoms with Crippen LogP contribution in [0.25, 0.3) is 6.08 Å². The molecule has 2 aromatic heterocycles. The lowest BCUT2D eigenvalue weighted by molar-refractivity contribution is 0.104. The second-order valence-electron chi connectivity index (χ2n) is 2.99. The quantitative estimate of drug-likeness (QED) is 0.471. The molecule has 0 bridgehead atoms. The standard InChI is InChI=1S/C12H7NOS2/c13-8-9(7-10-3-1-5-15-10)12(14)11-4-2-6-16-11/h1-7H/b9-7+.